The Kier molecular flexibility index (Phi) is 5.60. The summed E-state index contributed by atoms with van der Waals surface area (Å²) in [5.74, 6) is 2.13. The number of hydrogen-bond donors (Lipinski definition) is 1. The average Bonchev–Trinajstić information content (AvgIpc) is 3.02. The van der Waals surface area contributed by atoms with E-state index in [4.69, 9.17) is 14.0 Å². The summed E-state index contributed by atoms with van der Waals surface area (Å²) >= 11 is 0. The third-order valence-electron chi connectivity index (χ3n) is 4.26. The summed E-state index contributed by atoms with van der Waals surface area (Å²) < 4.78 is 16.4. The molecule has 0 aliphatic carbocycles. The first-order chi connectivity index (χ1) is 10.4. The zero-order chi connectivity index (χ0) is 14.3. The Morgan fingerprint density at radius 3 is 2.90 bits per heavy atom. The van der Waals surface area contributed by atoms with E-state index in [0.29, 0.717) is 12.5 Å². The highest BCUT2D eigenvalue weighted by Crippen LogP contribution is 2.21. The SMILES string of the molecule is C1CCC(c2nc(CCOCC3CCOCC3)no2)NC1. The Labute approximate surface area is 125 Å². The van der Waals surface area contributed by atoms with Gasteiger partial charge in [0.1, 0.15) is 0 Å². The van der Waals surface area contributed by atoms with Gasteiger partial charge in [-0.2, -0.15) is 4.98 Å². The van der Waals surface area contributed by atoms with Gasteiger partial charge in [0.2, 0.25) is 5.89 Å². The molecule has 1 aromatic rings. The van der Waals surface area contributed by atoms with E-state index in [-0.39, 0.29) is 6.04 Å². The van der Waals surface area contributed by atoms with Gasteiger partial charge in [0.15, 0.2) is 5.82 Å². The smallest absolute Gasteiger partial charge is 0.243 e. The minimum Gasteiger partial charge on any atom is -0.381 e. The quantitative estimate of drug-likeness (QED) is 0.808. The second-order valence-electron chi connectivity index (χ2n) is 5.93. The van der Waals surface area contributed by atoms with Gasteiger partial charge in [0, 0.05) is 26.2 Å². The van der Waals surface area contributed by atoms with Crippen LogP contribution in [-0.4, -0.2) is 43.1 Å². The van der Waals surface area contributed by atoms with Gasteiger partial charge in [-0.15, -0.1) is 0 Å². The van der Waals surface area contributed by atoms with E-state index in [1.807, 2.05) is 0 Å². The minimum absolute atomic E-state index is 0.239. The van der Waals surface area contributed by atoms with Gasteiger partial charge >= 0.3 is 0 Å². The first-order valence-electron chi connectivity index (χ1n) is 8.13. The van der Waals surface area contributed by atoms with Gasteiger partial charge < -0.3 is 19.3 Å². The molecule has 21 heavy (non-hydrogen) atoms. The van der Waals surface area contributed by atoms with Crippen molar-refractivity contribution in [3.05, 3.63) is 11.7 Å². The number of ether oxygens (including phenoxy) is 2. The van der Waals surface area contributed by atoms with Crippen molar-refractivity contribution >= 4 is 0 Å². The molecule has 2 saturated heterocycles. The number of piperidine rings is 1. The number of nitrogens with one attached hydrogen (secondary N) is 1. The number of rotatable bonds is 6. The molecule has 1 atom stereocenters. The zero-order valence-corrected chi connectivity index (χ0v) is 12.6. The summed E-state index contributed by atoms with van der Waals surface area (Å²) in [4.78, 5) is 4.48. The first-order valence-corrected chi connectivity index (χ1v) is 8.13. The maximum Gasteiger partial charge on any atom is 0.243 e. The predicted molar refractivity (Wildman–Crippen MR) is 77.0 cm³/mol. The van der Waals surface area contributed by atoms with Crippen molar-refractivity contribution in [2.45, 2.75) is 44.6 Å². The van der Waals surface area contributed by atoms with E-state index in [1.165, 1.54) is 12.8 Å². The standard InChI is InChI=1S/C15H25N3O3/c1-2-7-16-13(3-1)15-17-14(18-21-15)6-10-20-11-12-4-8-19-9-5-12/h12-13,16H,1-11H2. The molecule has 0 radical (unpaired) electrons. The third-order valence-corrected chi connectivity index (χ3v) is 4.26. The summed E-state index contributed by atoms with van der Waals surface area (Å²) in [6, 6.07) is 0.239. The van der Waals surface area contributed by atoms with Crippen molar-refractivity contribution in [3.63, 3.8) is 0 Å². The van der Waals surface area contributed by atoms with Gasteiger partial charge in [0.05, 0.1) is 12.6 Å². The minimum atomic E-state index is 0.239. The molecule has 1 N–H and O–H groups in total. The molecule has 0 aromatic carbocycles. The fraction of sp³-hybridized carbons (Fsp3) is 0.867. The molecule has 2 aliphatic rings. The summed E-state index contributed by atoms with van der Waals surface area (Å²) in [5.41, 5.74) is 0. The average molecular weight is 295 g/mol. The van der Waals surface area contributed by atoms with E-state index in [0.717, 1.165) is 63.8 Å². The fourth-order valence-electron chi connectivity index (χ4n) is 2.90. The third kappa shape index (κ3) is 4.49. The Morgan fingerprint density at radius 2 is 2.10 bits per heavy atom. The van der Waals surface area contributed by atoms with Crippen LogP contribution in [0.2, 0.25) is 0 Å². The summed E-state index contributed by atoms with van der Waals surface area (Å²) in [6.45, 7) is 4.26. The lowest BCUT2D eigenvalue weighted by atomic mass is 10.0. The lowest BCUT2D eigenvalue weighted by Crippen LogP contribution is -2.27. The van der Waals surface area contributed by atoms with Crippen LogP contribution in [0.1, 0.15) is 49.9 Å². The van der Waals surface area contributed by atoms with E-state index in [9.17, 15) is 0 Å². The van der Waals surface area contributed by atoms with Crippen LogP contribution in [-0.2, 0) is 15.9 Å². The maximum absolute atomic E-state index is 5.74. The molecule has 3 heterocycles. The monoisotopic (exact) mass is 295 g/mol. The van der Waals surface area contributed by atoms with Crippen molar-refractivity contribution in [3.8, 4) is 0 Å². The Morgan fingerprint density at radius 1 is 1.19 bits per heavy atom. The molecule has 0 spiro atoms. The van der Waals surface area contributed by atoms with Crippen molar-refractivity contribution in [2.75, 3.05) is 33.0 Å². The van der Waals surface area contributed by atoms with Crippen LogP contribution in [0, 0.1) is 5.92 Å². The molecule has 1 unspecified atom stereocenters. The van der Waals surface area contributed by atoms with Gasteiger partial charge in [-0.1, -0.05) is 11.6 Å². The van der Waals surface area contributed by atoms with Gasteiger partial charge in [-0.05, 0) is 38.1 Å². The second kappa shape index (κ2) is 7.87. The first kappa shape index (κ1) is 14.9. The van der Waals surface area contributed by atoms with Crippen molar-refractivity contribution in [2.24, 2.45) is 5.92 Å². The predicted octanol–water partition coefficient (Wildman–Crippen LogP) is 1.87. The van der Waals surface area contributed by atoms with Crippen LogP contribution in [0.25, 0.3) is 0 Å². The van der Waals surface area contributed by atoms with Crippen molar-refractivity contribution < 1.29 is 14.0 Å². The molecule has 3 rings (SSSR count). The maximum atomic E-state index is 5.74. The molecule has 6 nitrogen and oxygen atoms in total. The Bertz CT molecular complexity index is 412. The van der Waals surface area contributed by atoms with Crippen LogP contribution in [0.3, 0.4) is 0 Å². The molecule has 118 valence electrons. The highest BCUT2D eigenvalue weighted by molar-refractivity contribution is 4.94. The van der Waals surface area contributed by atoms with E-state index < -0.39 is 0 Å². The second-order valence-corrected chi connectivity index (χ2v) is 5.93. The van der Waals surface area contributed by atoms with Crippen LogP contribution in [0.15, 0.2) is 4.52 Å². The number of aromatic nitrogens is 2. The molecule has 1 aromatic heterocycles. The van der Waals surface area contributed by atoms with Gasteiger partial charge in [0.25, 0.3) is 0 Å². The van der Waals surface area contributed by atoms with Crippen molar-refractivity contribution in [1.29, 1.82) is 0 Å². The summed E-state index contributed by atoms with van der Waals surface area (Å²) in [6.07, 6.45) is 6.49. The summed E-state index contributed by atoms with van der Waals surface area (Å²) in [7, 11) is 0. The molecular formula is C15H25N3O3. The molecule has 0 saturated carbocycles. The molecule has 2 fully saturated rings. The molecule has 2 aliphatic heterocycles. The highest BCUT2D eigenvalue weighted by Gasteiger charge is 2.21. The van der Waals surface area contributed by atoms with Crippen LogP contribution >= 0.6 is 0 Å². The van der Waals surface area contributed by atoms with Crippen LogP contribution < -0.4 is 5.32 Å². The van der Waals surface area contributed by atoms with Gasteiger partial charge in [-0.25, -0.2) is 0 Å². The summed E-state index contributed by atoms with van der Waals surface area (Å²) in [5, 5.41) is 7.47. The molecule has 6 heteroatoms. The largest absolute Gasteiger partial charge is 0.381 e. The van der Waals surface area contributed by atoms with Crippen LogP contribution in [0.5, 0.6) is 0 Å². The molecular weight excluding hydrogens is 270 g/mol. The molecule has 0 amide bonds. The topological polar surface area (TPSA) is 69.4 Å². The lowest BCUT2D eigenvalue weighted by Gasteiger charge is -2.21. The van der Waals surface area contributed by atoms with E-state index in [2.05, 4.69) is 15.5 Å². The van der Waals surface area contributed by atoms with E-state index >= 15 is 0 Å². The van der Waals surface area contributed by atoms with E-state index in [1.54, 1.807) is 0 Å². The van der Waals surface area contributed by atoms with Gasteiger partial charge in [-0.3, -0.25) is 0 Å². The van der Waals surface area contributed by atoms with Crippen LogP contribution in [0.4, 0.5) is 0 Å². The lowest BCUT2D eigenvalue weighted by molar-refractivity contribution is 0.0211. The Hall–Kier alpha value is -0.980. The fourth-order valence-corrected chi connectivity index (χ4v) is 2.90. The molecule has 0 bridgehead atoms. The highest BCUT2D eigenvalue weighted by atomic mass is 16.5. The number of nitrogens with zero attached hydrogens (tertiary/aromatic N) is 2. The Balaban J connectivity index is 1.36. The van der Waals surface area contributed by atoms with Crippen molar-refractivity contribution in [1.82, 2.24) is 15.5 Å². The number of hydrogen-bond acceptors (Lipinski definition) is 6. The normalized spacial score (nSPS) is 24.3. The zero-order valence-electron chi connectivity index (χ0n) is 12.6.